The monoisotopic (exact) mass is 349 g/mol. The highest BCUT2D eigenvalue weighted by Crippen LogP contribution is 2.22. The van der Waals surface area contributed by atoms with Crippen LogP contribution in [0.2, 0.25) is 0 Å². The standard InChI is InChI=1S/C22H27N3O/c1-22(2,3)17-11-8-16(9-12-17)10-13-21(26)23-15-14-20-24-18-6-4-5-7-19(18)25-20/h4-9,11-12H,10,13-15H2,1-3H3,(H,23,26)(H,24,25). The predicted octanol–water partition coefficient (Wildman–Crippen LogP) is 4.15. The Hall–Kier alpha value is -2.62. The first-order chi connectivity index (χ1) is 12.4. The van der Waals surface area contributed by atoms with E-state index in [1.54, 1.807) is 0 Å². The minimum atomic E-state index is 0.0843. The van der Waals surface area contributed by atoms with Gasteiger partial charge in [-0.15, -0.1) is 0 Å². The van der Waals surface area contributed by atoms with Gasteiger partial charge in [0.15, 0.2) is 0 Å². The van der Waals surface area contributed by atoms with Gasteiger partial charge in [-0.1, -0.05) is 57.2 Å². The molecular formula is C22H27N3O. The molecule has 0 aliphatic heterocycles. The molecule has 136 valence electrons. The maximum atomic E-state index is 12.1. The summed E-state index contributed by atoms with van der Waals surface area (Å²) in [5.74, 6) is 0.991. The number of para-hydroxylation sites is 2. The number of aryl methyl sites for hydroxylation is 1. The number of carbonyl (C=O) groups is 1. The van der Waals surface area contributed by atoms with Crippen LogP contribution in [0.1, 0.15) is 44.1 Å². The molecule has 3 rings (SSSR count). The van der Waals surface area contributed by atoms with E-state index in [-0.39, 0.29) is 11.3 Å². The lowest BCUT2D eigenvalue weighted by Crippen LogP contribution is -2.26. The first-order valence-corrected chi connectivity index (χ1v) is 9.21. The van der Waals surface area contributed by atoms with Crippen molar-refractivity contribution in [3.8, 4) is 0 Å². The molecule has 1 amide bonds. The first-order valence-electron chi connectivity index (χ1n) is 9.21. The fourth-order valence-electron chi connectivity index (χ4n) is 2.96. The van der Waals surface area contributed by atoms with Crippen LogP contribution >= 0.6 is 0 Å². The number of hydrogen-bond donors (Lipinski definition) is 2. The second kappa shape index (κ2) is 7.73. The second-order valence-electron chi connectivity index (χ2n) is 7.75. The summed E-state index contributed by atoms with van der Waals surface area (Å²) in [7, 11) is 0. The number of nitrogens with one attached hydrogen (secondary N) is 2. The zero-order chi connectivity index (χ0) is 18.6. The molecule has 0 fully saturated rings. The van der Waals surface area contributed by atoms with Gasteiger partial charge in [0.25, 0.3) is 0 Å². The van der Waals surface area contributed by atoms with Crippen molar-refractivity contribution in [3.63, 3.8) is 0 Å². The van der Waals surface area contributed by atoms with Crippen molar-refractivity contribution in [2.24, 2.45) is 0 Å². The molecule has 0 aliphatic rings. The lowest BCUT2D eigenvalue weighted by molar-refractivity contribution is -0.121. The molecule has 4 heteroatoms. The Morgan fingerprint density at radius 3 is 2.46 bits per heavy atom. The van der Waals surface area contributed by atoms with Gasteiger partial charge in [-0.05, 0) is 35.1 Å². The van der Waals surface area contributed by atoms with Gasteiger partial charge in [0.2, 0.25) is 5.91 Å². The van der Waals surface area contributed by atoms with E-state index in [0.717, 1.165) is 23.3 Å². The average molecular weight is 349 g/mol. The van der Waals surface area contributed by atoms with Crippen molar-refractivity contribution in [1.82, 2.24) is 15.3 Å². The Labute approximate surface area is 155 Å². The number of hydrogen-bond acceptors (Lipinski definition) is 2. The summed E-state index contributed by atoms with van der Waals surface area (Å²) in [6.07, 6.45) is 1.98. The minimum absolute atomic E-state index is 0.0843. The summed E-state index contributed by atoms with van der Waals surface area (Å²) in [5.41, 5.74) is 4.68. The van der Waals surface area contributed by atoms with E-state index in [2.05, 4.69) is 60.3 Å². The van der Waals surface area contributed by atoms with Crippen LogP contribution in [0, 0.1) is 0 Å². The van der Waals surface area contributed by atoms with E-state index in [1.165, 1.54) is 11.1 Å². The van der Waals surface area contributed by atoms with Crippen molar-refractivity contribution < 1.29 is 4.79 Å². The van der Waals surface area contributed by atoms with Crippen molar-refractivity contribution in [2.75, 3.05) is 6.54 Å². The van der Waals surface area contributed by atoms with Crippen LogP contribution in [0.25, 0.3) is 11.0 Å². The normalized spacial score (nSPS) is 11.7. The zero-order valence-corrected chi connectivity index (χ0v) is 15.8. The maximum Gasteiger partial charge on any atom is 0.220 e. The van der Waals surface area contributed by atoms with Crippen LogP contribution < -0.4 is 5.32 Å². The number of H-pyrrole nitrogens is 1. The molecule has 0 bridgehead atoms. The van der Waals surface area contributed by atoms with Gasteiger partial charge in [0, 0.05) is 19.4 Å². The number of nitrogens with zero attached hydrogens (tertiary/aromatic N) is 1. The molecule has 0 spiro atoms. The van der Waals surface area contributed by atoms with Crippen LogP contribution in [0.4, 0.5) is 0 Å². The van der Waals surface area contributed by atoms with Crippen molar-refractivity contribution in [1.29, 1.82) is 0 Å². The summed E-state index contributed by atoms with van der Waals surface area (Å²) in [6, 6.07) is 16.5. The van der Waals surface area contributed by atoms with Crippen LogP contribution in [-0.4, -0.2) is 22.4 Å². The van der Waals surface area contributed by atoms with Crippen molar-refractivity contribution in [3.05, 3.63) is 65.5 Å². The third-order valence-electron chi connectivity index (χ3n) is 4.58. The van der Waals surface area contributed by atoms with Crippen LogP contribution in [0.15, 0.2) is 48.5 Å². The molecule has 0 saturated carbocycles. The van der Waals surface area contributed by atoms with Crippen LogP contribution in [0.5, 0.6) is 0 Å². The Kier molecular flexibility index (Phi) is 5.40. The van der Waals surface area contributed by atoms with E-state index in [4.69, 9.17) is 0 Å². The highest BCUT2D eigenvalue weighted by molar-refractivity contribution is 5.76. The average Bonchev–Trinajstić information content (AvgIpc) is 3.02. The molecule has 2 N–H and O–H groups in total. The quantitative estimate of drug-likeness (QED) is 0.702. The number of carbonyl (C=O) groups excluding carboxylic acids is 1. The van der Waals surface area contributed by atoms with Gasteiger partial charge < -0.3 is 10.3 Å². The van der Waals surface area contributed by atoms with Gasteiger partial charge in [-0.3, -0.25) is 4.79 Å². The number of aromatic nitrogens is 2. The number of benzene rings is 2. The largest absolute Gasteiger partial charge is 0.356 e. The van der Waals surface area contributed by atoms with Crippen LogP contribution in [0.3, 0.4) is 0 Å². The molecule has 0 radical (unpaired) electrons. The summed E-state index contributed by atoms with van der Waals surface area (Å²) >= 11 is 0. The summed E-state index contributed by atoms with van der Waals surface area (Å²) in [5, 5.41) is 2.98. The van der Waals surface area contributed by atoms with Gasteiger partial charge in [-0.2, -0.15) is 0 Å². The van der Waals surface area contributed by atoms with E-state index < -0.39 is 0 Å². The Morgan fingerprint density at radius 2 is 1.77 bits per heavy atom. The molecular weight excluding hydrogens is 322 g/mol. The molecule has 4 nitrogen and oxygen atoms in total. The molecule has 2 aromatic carbocycles. The number of rotatable bonds is 6. The highest BCUT2D eigenvalue weighted by atomic mass is 16.1. The molecule has 0 unspecified atom stereocenters. The van der Waals surface area contributed by atoms with Gasteiger partial charge in [-0.25, -0.2) is 4.98 Å². The van der Waals surface area contributed by atoms with E-state index in [9.17, 15) is 4.79 Å². The van der Waals surface area contributed by atoms with Gasteiger partial charge in [0.1, 0.15) is 5.82 Å². The minimum Gasteiger partial charge on any atom is -0.356 e. The van der Waals surface area contributed by atoms with Gasteiger partial charge in [0.05, 0.1) is 11.0 Å². The SMILES string of the molecule is CC(C)(C)c1ccc(CCC(=O)NCCc2nc3ccccc3[nH]2)cc1. The number of aromatic amines is 1. The predicted molar refractivity (Wildman–Crippen MR) is 106 cm³/mol. The number of imidazole rings is 1. The number of amides is 1. The Morgan fingerprint density at radius 1 is 1.04 bits per heavy atom. The van der Waals surface area contributed by atoms with E-state index >= 15 is 0 Å². The summed E-state index contributed by atoms with van der Waals surface area (Å²) in [6.45, 7) is 7.22. The number of fused-ring (bicyclic) bond motifs is 1. The lowest BCUT2D eigenvalue weighted by atomic mass is 9.86. The second-order valence-corrected chi connectivity index (χ2v) is 7.75. The van der Waals surface area contributed by atoms with Crippen molar-refractivity contribution >= 4 is 16.9 Å². The van der Waals surface area contributed by atoms with Crippen molar-refractivity contribution in [2.45, 2.75) is 45.4 Å². The molecule has 0 atom stereocenters. The van der Waals surface area contributed by atoms with Crippen LogP contribution in [-0.2, 0) is 23.1 Å². The van der Waals surface area contributed by atoms with E-state index in [0.29, 0.717) is 19.4 Å². The smallest absolute Gasteiger partial charge is 0.220 e. The zero-order valence-electron chi connectivity index (χ0n) is 15.8. The topological polar surface area (TPSA) is 57.8 Å². The Balaban J connectivity index is 1.42. The fourth-order valence-corrected chi connectivity index (χ4v) is 2.96. The highest BCUT2D eigenvalue weighted by Gasteiger charge is 2.13. The summed E-state index contributed by atoms with van der Waals surface area (Å²) in [4.78, 5) is 19.9. The molecule has 1 heterocycles. The Bertz CT molecular complexity index is 839. The summed E-state index contributed by atoms with van der Waals surface area (Å²) < 4.78 is 0. The molecule has 1 aromatic heterocycles. The fraction of sp³-hybridized carbons (Fsp3) is 0.364. The molecule has 26 heavy (non-hydrogen) atoms. The third kappa shape index (κ3) is 4.72. The molecule has 3 aromatic rings. The third-order valence-corrected chi connectivity index (χ3v) is 4.58. The van der Waals surface area contributed by atoms with E-state index in [1.807, 2.05) is 24.3 Å². The molecule has 0 aliphatic carbocycles. The molecule has 0 saturated heterocycles. The first kappa shape index (κ1) is 18.2. The maximum absolute atomic E-state index is 12.1. The lowest BCUT2D eigenvalue weighted by Gasteiger charge is -2.19. The van der Waals surface area contributed by atoms with Gasteiger partial charge >= 0.3 is 0 Å².